The molecule has 0 aliphatic carbocycles. The van der Waals surface area contributed by atoms with Gasteiger partial charge in [0.05, 0.1) is 20.1 Å². The molecule has 0 aliphatic rings. The number of hydrogen-bond acceptors (Lipinski definition) is 5. The highest BCUT2D eigenvalue weighted by atomic mass is 35.5. The molecule has 0 bridgehead atoms. The lowest BCUT2D eigenvalue weighted by atomic mass is 10.1. The topological polar surface area (TPSA) is 59.2 Å². The fourth-order valence-electron chi connectivity index (χ4n) is 1.68. The van der Waals surface area contributed by atoms with Crippen LogP contribution in [0.1, 0.15) is 19.5 Å². The highest BCUT2D eigenvalue weighted by Crippen LogP contribution is 2.36. The average molecular weight is 295 g/mol. The van der Waals surface area contributed by atoms with Crippen molar-refractivity contribution in [2.24, 2.45) is 0 Å². The molecular formula is C13H11ClN2O2S. The first-order chi connectivity index (χ1) is 8.95. The fraction of sp³-hybridized carbons (Fsp3) is 0.231. The number of aliphatic hydroxyl groups is 1. The molecular weight excluding hydrogens is 284 g/mol. The normalized spacial score (nSPS) is 12.2. The zero-order valence-corrected chi connectivity index (χ0v) is 11.9. The second-order valence-corrected chi connectivity index (χ2v) is 6.17. The molecule has 0 atom stereocenters. The van der Waals surface area contributed by atoms with Gasteiger partial charge >= 0.3 is 0 Å². The Labute approximate surface area is 118 Å². The highest BCUT2D eigenvalue weighted by molar-refractivity contribution is 7.22. The first kappa shape index (κ1) is 12.6. The third-order valence-corrected chi connectivity index (χ3v) is 4.28. The highest BCUT2D eigenvalue weighted by Gasteiger charge is 2.22. The number of oxazole rings is 1. The molecule has 4 nitrogen and oxygen atoms in total. The van der Waals surface area contributed by atoms with Crippen molar-refractivity contribution in [2.75, 3.05) is 0 Å². The van der Waals surface area contributed by atoms with E-state index in [-0.39, 0.29) is 0 Å². The Bertz CT molecular complexity index is 743. The van der Waals surface area contributed by atoms with Crippen molar-refractivity contribution >= 4 is 33.2 Å². The van der Waals surface area contributed by atoms with Crippen LogP contribution in [0.25, 0.3) is 21.0 Å². The molecule has 98 valence electrons. The lowest BCUT2D eigenvalue weighted by Crippen LogP contribution is -2.15. The van der Waals surface area contributed by atoms with E-state index in [1.165, 1.54) is 17.6 Å². The van der Waals surface area contributed by atoms with Gasteiger partial charge in [-0.1, -0.05) is 11.6 Å². The van der Waals surface area contributed by atoms with Gasteiger partial charge in [-0.2, -0.15) is 0 Å². The zero-order chi connectivity index (χ0) is 13.6. The summed E-state index contributed by atoms with van der Waals surface area (Å²) >= 11 is 7.58. The summed E-state index contributed by atoms with van der Waals surface area (Å²) in [5.41, 5.74) is 0.295. The monoisotopic (exact) mass is 294 g/mol. The minimum Gasteiger partial charge on any atom is -0.443 e. The van der Waals surface area contributed by atoms with Crippen LogP contribution in [-0.2, 0) is 5.60 Å². The van der Waals surface area contributed by atoms with Crippen LogP contribution in [0.2, 0.25) is 5.02 Å². The standard InChI is InChI=1S/C13H11ClN2O2S/c1-13(2,17)10-6-18-12(16-10)9-5-8-11(19-9)7(14)3-4-15-8/h3-6,17H,1-2H3. The Kier molecular flexibility index (Phi) is 2.85. The largest absolute Gasteiger partial charge is 0.443 e. The number of thiophene rings is 1. The Hall–Kier alpha value is -1.43. The van der Waals surface area contributed by atoms with Gasteiger partial charge in [0.2, 0.25) is 5.89 Å². The second kappa shape index (κ2) is 4.30. The molecule has 0 spiro atoms. The number of fused-ring (bicyclic) bond motifs is 1. The van der Waals surface area contributed by atoms with Gasteiger partial charge in [0, 0.05) is 6.20 Å². The molecule has 0 radical (unpaired) electrons. The molecule has 0 aromatic carbocycles. The summed E-state index contributed by atoms with van der Waals surface area (Å²) < 4.78 is 6.32. The molecule has 0 amide bonds. The van der Waals surface area contributed by atoms with Crippen LogP contribution in [0.4, 0.5) is 0 Å². The van der Waals surface area contributed by atoms with Crippen LogP contribution in [0, 0.1) is 0 Å². The summed E-state index contributed by atoms with van der Waals surface area (Å²) in [6, 6.07) is 3.63. The minimum absolute atomic E-state index is 0.469. The van der Waals surface area contributed by atoms with Crippen molar-refractivity contribution < 1.29 is 9.52 Å². The third kappa shape index (κ3) is 2.25. The van der Waals surface area contributed by atoms with Crippen LogP contribution >= 0.6 is 22.9 Å². The van der Waals surface area contributed by atoms with E-state index in [0.717, 1.165) is 15.1 Å². The average Bonchev–Trinajstić information content (AvgIpc) is 2.94. The maximum absolute atomic E-state index is 9.88. The van der Waals surface area contributed by atoms with E-state index < -0.39 is 5.60 Å². The lowest BCUT2D eigenvalue weighted by molar-refractivity contribution is 0.0738. The van der Waals surface area contributed by atoms with Gasteiger partial charge in [-0.25, -0.2) is 4.98 Å². The number of aromatic nitrogens is 2. The van der Waals surface area contributed by atoms with Crippen LogP contribution in [-0.4, -0.2) is 15.1 Å². The van der Waals surface area contributed by atoms with Crippen LogP contribution in [0.5, 0.6) is 0 Å². The van der Waals surface area contributed by atoms with Gasteiger partial charge in [-0.05, 0) is 26.0 Å². The van der Waals surface area contributed by atoms with Gasteiger partial charge in [0.15, 0.2) is 0 Å². The van der Waals surface area contributed by atoms with Crippen molar-refractivity contribution in [3.05, 3.63) is 35.3 Å². The van der Waals surface area contributed by atoms with Gasteiger partial charge in [-0.15, -0.1) is 11.3 Å². The molecule has 3 heterocycles. The number of halogens is 1. The summed E-state index contributed by atoms with van der Waals surface area (Å²) in [7, 11) is 0. The summed E-state index contributed by atoms with van der Waals surface area (Å²) in [6.07, 6.45) is 3.13. The van der Waals surface area contributed by atoms with Crippen molar-refractivity contribution in [1.29, 1.82) is 0 Å². The minimum atomic E-state index is -1.02. The smallest absolute Gasteiger partial charge is 0.236 e. The van der Waals surface area contributed by atoms with Gasteiger partial charge in [-0.3, -0.25) is 4.98 Å². The van der Waals surface area contributed by atoms with Crippen molar-refractivity contribution in [3.8, 4) is 10.8 Å². The Morgan fingerprint density at radius 1 is 1.42 bits per heavy atom. The Morgan fingerprint density at radius 2 is 2.21 bits per heavy atom. The molecule has 0 saturated carbocycles. The van der Waals surface area contributed by atoms with Gasteiger partial charge in [0.1, 0.15) is 17.6 Å². The lowest BCUT2D eigenvalue weighted by Gasteiger charge is -2.11. The van der Waals surface area contributed by atoms with Gasteiger partial charge < -0.3 is 9.52 Å². The molecule has 19 heavy (non-hydrogen) atoms. The molecule has 0 aliphatic heterocycles. The number of rotatable bonds is 2. The molecule has 0 saturated heterocycles. The quantitative estimate of drug-likeness (QED) is 0.780. The summed E-state index contributed by atoms with van der Waals surface area (Å²) in [6.45, 7) is 3.33. The van der Waals surface area contributed by atoms with Gasteiger partial charge in [0.25, 0.3) is 0 Å². The summed E-state index contributed by atoms with van der Waals surface area (Å²) in [4.78, 5) is 9.39. The van der Waals surface area contributed by atoms with Crippen LogP contribution < -0.4 is 0 Å². The molecule has 6 heteroatoms. The molecule has 3 aromatic heterocycles. The van der Waals surface area contributed by atoms with Crippen molar-refractivity contribution in [2.45, 2.75) is 19.4 Å². The Morgan fingerprint density at radius 3 is 2.84 bits per heavy atom. The van der Waals surface area contributed by atoms with Crippen LogP contribution in [0.15, 0.2) is 29.0 Å². The predicted molar refractivity (Wildman–Crippen MR) is 75.4 cm³/mol. The number of nitrogens with zero attached hydrogens (tertiary/aromatic N) is 2. The molecule has 1 N–H and O–H groups in total. The van der Waals surface area contributed by atoms with E-state index in [2.05, 4.69) is 9.97 Å². The predicted octanol–water partition coefficient (Wildman–Crippen LogP) is 3.83. The van der Waals surface area contributed by atoms with E-state index in [4.69, 9.17) is 16.0 Å². The second-order valence-electron chi connectivity index (χ2n) is 4.71. The maximum Gasteiger partial charge on any atom is 0.236 e. The first-order valence-corrected chi connectivity index (χ1v) is 6.87. The SMILES string of the molecule is CC(C)(O)c1coc(-c2cc3nccc(Cl)c3s2)n1. The van der Waals surface area contributed by atoms with E-state index in [0.29, 0.717) is 16.6 Å². The summed E-state index contributed by atoms with van der Waals surface area (Å²) in [5.74, 6) is 0.469. The number of hydrogen-bond donors (Lipinski definition) is 1. The summed E-state index contributed by atoms with van der Waals surface area (Å²) in [5, 5.41) is 10.5. The molecule has 3 aromatic rings. The zero-order valence-electron chi connectivity index (χ0n) is 10.3. The number of pyridine rings is 1. The van der Waals surface area contributed by atoms with Crippen molar-refractivity contribution in [1.82, 2.24) is 9.97 Å². The van der Waals surface area contributed by atoms with E-state index in [9.17, 15) is 5.11 Å². The van der Waals surface area contributed by atoms with E-state index in [1.54, 1.807) is 26.1 Å². The Balaban J connectivity index is 2.09. The van der Waals surface area contributed by atoms with Crippen molar-refractivity contribution in [3.63, 3.8) is 0 Å². The van der Waals surface area contributed by atoms with Crippen LogP contribution in [0.3, 0.4) is 0 Å². The van der Waals surface area contributed by atoms with E-state index >= 15 is 0 Å². The fourth-order valence-corrected chi connectivity index (χ4v) is 2.90. The molecule has 0 unspecified atom stereocenters. The maximum atomic E-state index is 9.88. The third-order valence-electron chi connectivity index (χ3n) is 2.71. The van der Waals surface area contributed by atoms with E-state index in [1.807, 2.05) is 6.07 Å². The first-order valence-electron chi connectivity index (χ1n) is 5.68. The molecule has 3 rings (SSSR count). The molecule has 0 fully saturated rings.